The van der Waals surface area contributed by atoms with Crippen LogP contribution in [-0.4, -0.2) is 63.1 Å². The molecule has 22 heavy (non-hydrogen) atoms. The van der Waals surface area contributed by atoms with Gasteiger partial charge < -0.3 is 37.6 Å². The van der Waals surface area contributed by atoms with E-state index in [0.29, 0.717) is 12.3 Å². The highest BCUT2D eigenvalue weighted by molar-refractivity contribution is 5.73. The predicted octanol–water partition coefficient (Wildman–Crippen LogP) is -1.75. The molecule has 0 spiro atoms. The first-order valence-electron chi connectivity index (χ1n) is 6.43. The quantitative estimate of drug-likeness (QED) is 0.292. The highest BCUT2D eigenvalue weighted by Gasteiger charge is 2.16. The Morgan fingerprint density at radius 1 is 0.955 bits per heavy atom. The largest absolute Gasteiger partial charge is 0.480 e. The lowest BCUT2D eigenvalue weighted by Crippen LogP contribution is -2.39. The maximum Gasteiger partial charge on any atom is 0.323 e. The van der Waals surface area contributed by atoms with Crippen molar-refractivity contribution in [1.82, 2.24) is 0 Å². The molecule has 0 fully saturated rings. The van der Waals surface area contributed by atoms with Gasteiger partial charge in [-0.25, -0.2) is 0 Å². The minimum Gasteiger partial charge on any atom is -0.480 e. The van der Waals surface area contributed by atoms with Crippen molar-refractivity contribution in [3.05, 3.63) is 0 Å². The van der Waals surface area contributed by atoms with E-state index in [1.54, 1.807) is 0 Å². The molecule has 0 aliphatic heterocycles. The van der Waals surface area contributed by atoms with Crippen molar-refractivity contribution in [2.45, 2.75) is 45.4 Å². The maximum atomic E-state index is 10.1. The van der Waals surface area contributed by atoms with Gasteiger partial charge >= 0.3 is 17.9 Å². The topological polar surface area (TPSA) is 210 Å². The van der Waals surface area contributed by atoms with Crippen LogP contribution in [0.3, 0.4) is 0 Å². The second kappa shape index (κ2) is 14.2. The zero-order valence-electron chi connectivity index (χ0n) is 13.0. The third kappa shape index (κ3) is 20.6. The summed E-state index contributed by atoms with van der Waals surface area (Å²) in [5.74, 6) is -2.70. The molecule has 0 aromatic carbocycles. The lowest BCUT2D eigenvalue weighted by Gasteiger charge is -2.07. The van der Waals surface area contributed by atoms with E-state index in [4.69, 9.17) is 31.9 Å². The van der Waals surface area contributed by atoms with Gasteiger partial charge in [0.05, 0.1) is 12.6 Å². The lowest BCUT2D eigenvalue weighted by atomic mass is 10.1. The lowest BCUT2D eigenvalue weighted by molar-refractivity contribution is -0.141. The first-order chi connectivity index (χ1) is 9.86. The molecule has 10 N–H and O–H groups in total. The average Bonchev–Trinajstić information content (AvgIpc) is 2.37. The summed E-state index contributed by atoms with van der Waals surface area (Å²) in [7, 11) is 0. The molecular weight excluding hydrogens is 298 g/mol. The fraction of sp³-hybridized carbons (Fsp3) is 0.750. The van der Waals surface area contributed by atoms with Crippen molar-refractivity contribution < 1.29 is 34.8 Å². The number of aliphatic hydroxyl groups excluding tert-OH is 1. The molecular formula is C12H27N3O7. The highest BCUT2D eigenvalue weighted by atomic mass is 16.4. The first kappa shape index (κ1) is 25.2. The average molecular weight is 325 g/mol. The summed E-state index contributed by atoms with van der Waals surface area (Å²) in [4.78, 5) is 29.2. The van der Waals surface area contributed by atoms with Crippen LogP contribution in [0.2, 0.25) is 0 Å². The molecule has 0 aliphatic rings. The molecule has 0 heterocycles. The van der Waals surface area contributed by atoms with Gasteiger partial charge in [-0.05, 0) is 19.3 Å². The summed E-state index contributed by atoms with van der Waals surface area (Å²) in [6, 6.07) is -1.85. The van der Waals surface area contributed by atoms with Gasteiger partial charge in [-0.15, -0.1) is 0 Å². The Balaban J connectivity index is -0.000000257. The number of aliphatic hydroxyl groups is 1. The second-order valence-electron chi connectivity index (χ2n) is 4.78. The maximum absolute atomic E-state index is 10.1. The minimum atomic E-state index is -1.18. The molecule has 0 aliphatic carbocycles. The van der Waals surface area contributed by atoms with E-state index >= 15 is 0 Å². The molecule has 132 valence electrons. The zero-order chi connectivity index (χ0) is 18.5. The molecule has 0 saturated carbocycles. The van der Waals surface area contributed by atoms with Gasteiger partial charge in [0.1, 0.15) is 12.1 Å². The fourth-order valence-electron chi connectivity index (χ4n) is 0.815. The van der Waals surface area contributed by atoms with Crippen LogP contribution in [0.1, 0.15) is 27.2 Å². The van der Waals surface area contributed by atoms with Gasteiger partial charge in [0, 0.05) is 0 Å². The van der Waals surface area contributed by atoms with Gasteiger partial charge in [-0.2, -0.15) is 0 Å². The number of carbonyl (C=O) groups is 3. The minimum absolute atomic E-state index is 0.278. The van der Waals surface area contributed by atoms with Crippen molar-refractivity contribution in [2.24, 2.45) is 23.1 Å². The second-order valence-corrected chi connectivity index (χ2v) is 4.78. The number of carboxylic acid groups (broad SMARTS) is 3. The molecule has 0 amide bonds. The molecule has 3 atom stereocenters. The van der Waals surface area contributed by atoms with Crippen LogP contribution in [-0.2, 0) is 14.4 Å². The summed E-state index contributed by atoms with van der Waals surface area (Å²) >= 11 is 0. The van der Waals surface area contributed by atoms with Crippen molar-refractivity contribution in [3.63, 3.8) is 0 Å². The third-order valence-corrected chi connectivity index (χ3v) is 2.02. The van der Waals surface area contributed by atoms with Crippen molar-refractivity contribution in [2.75, 3.05) is 6.54 Å². The number of nitrogens with two attached hydrogens (primary N) is 3. The molecule has 0 aromatic rings. The molecule has 0 radical (unpaired) electrons. The predicted molar refractivity (Wildman–Crippen MR) is 79.0 cm³/mol. The van der Waals surface area contributed by atoms with Crippen molar-refractivity contribution >= 4 is 17.9 Å². The number of carboxylic acids is 3. The van der Waals surface area contributed by atoms with Crippen LogP contribution >= 0.6 is 0 Å². The smallest absolute Gasteiger partial charge is 0.323 e. The Bertz CT molecular complexity index is 335. The summed E-state index contributed by atoms with van der Waals surface area (Å²) in [5.41, 5.74) is 14.7. The van der Waals surface area contributed by atoms with E-state index in [2.05, 4.69) is 5.73 Å². The van der Waals surface area contributed by atoms with E-state index in [9.17, 15) is 14.4 Å². The molecule has 0 rings (SSSR count). The van der Waals surface area contributed by atoms with E-state index in [1.807, 2.05) is 13.8 Å². The van der Waals surface area contributed by atoms with E-state index < -0.39 is 36.1 Å². The van der Waals surface area contributed by atoms with Crippen LogP contribution < -0.4 is 17.2 Å². The van der Waals surface area contributed by atoms with Gasteiger partial charge in [-0.3, -0.25) is 14.4 Å². The van der Waals surface area contributed by atoms with Crippen LogP contribution in [0.4, 0.5) is 0 Å². The van der Waals surface area contributed by atoms with Crippen LogP contribution in [0.25, 0.3) is 0 Å². The molecule has 0 saturated heterocycles. The summed E-state index contributed by atoms with van der Waals surface area (Å²) in [6.07, 6.45) is -0.428. The number of aliphatic carboxylic acids is 3. The number of hydrogen-bond acceptors (Lipinski definition) is 7. The third-order valence-electron chi connectivity index (χ3n) is 2.02. The van der Waals surface area contributed by atoms with E-state index in [0.717, 1.165) is 0 Å². The molecule has 0 aromatic heterocycles. The van der Waals surface area contributed by atoms with Crippen molar-refractivity contribution in [1.29, 1.82) is 0 Å². The number of hydrogen-bond donors (Lipinski definition) is 7. The van der Waals surface area contributed by atoms with Gasteiger partial charge in [0.2, 0.25) is 0 Å². The SMILES string of the molecule is CC(C)CC(N)C(=O)O.CC(O)C(N)C(=O)O.NCC(=O)O. The Kier molecular flexibility index (Phi) is 16.3. The summed E-state index contributed by atoms with van der Waals surface area (Å²) < 4.78 is 0. The normalized spacial score (nSPS) is 13.6. The molecule has 10 heteroatoms. The Morgan fingerprint density at radius 2 is 1.32 bits per heavy atom. The van der Waals surface area contributed by atoms with Gasteiger partial charge in [0.25, 0.3) is 0 Å². The highest BCUT2D eigenvalue weighted by Crippen LogP contribution is 2.01. The van der Waals surface area contributed by atoms with Gasteiger partial charge in [0.15, 0.2) is 0 Å². The molecule has 3 unspecified atom stereocenters. The Morgan fingerprint density at radius 3 is 1.36 bits per heavy atom. The number of rotatable bonds is 6. The Labute approximate surface area is 128 Å². The Hall–Kier alpha value is -1.75. The van der Waals surface area contributed by atoms with E-state index in [-0.39, 0.29) is 6.54 Å². The fourth-order valence-corrected chi connectivity index (χ4v) is 0.815. The van der Waals surface area contributed by atoms with Crippen LogP contribution in [0.15, 0.2) is 0 Å². The standard InChI is InChI=1S/C6H13NO2.C4H9NO3.C2H5NO2/c1-4(2)3-5(7)6(8)9;1-2(6)3(5)4(7)8;3-1-2(4)5/h4-5H,3,7H2,1-2H3,(H,8,9);2-3,6H,5H2,1H3,(H,7,8);1,3H2,(H,4,5). The zero-order valence-corrected chi connectivity index (χ0v) is 13.0. The van der Waals surface area contributed by atoms with Crippen molar-refractivity contribution in [3.8, 4) is 0 Å². The summed E-state index contributed by atoms with van der Waals surface area (Å²) in [5, 5.41) is 32.5. The first-order valence-corrected chi connectivity index (χ1v) is 6.43. The molecule has 10 nitrogen and oxygen atoms in total. The molecule has 0 bridgehead atoms. The van der Waals surface area contributed by atoms with E-state index in [1.165, 1.54) is 6.92 Å². The monoisotopic (exact) mass is 325 g/mol. The van der Waals surface area contributed by atoms with Crippen LogP contribution in [0.5, 0.6) is 0 Å². The van der Waals surface area contributed by atoms with Gasteiger partial charge in [-0.1, -0.05) is 13.8 Å². The summed E-state index contributed by atoms with van der Waals surface area (Å²) in [6.45, 7) is 4.95. The van der Waals surface area contributed by atoms with Crippen LogP contribution in [0, 0.1) is 5.92 Å².